The fourth-order valence-electron chi connectivity index (χ4n) is 2.15. The molecule has 0 aliphatic heterocycles. The summed E-state index contributed by atoms with van der Waals surface area (Å²) in [4.78, 5) is 10.8. The lowest BCUT2D eigenvalue weighted by atomic mass is 9.97. The Morgan fingerprint density at radius 1 is 1.53 bits per heavy atom. The van der Waals surface area contributed by atoms with Gasteiger partial charge in [-0.1, -0.05) is 31.2 Å². The van der Waals surface area contributed by atoms with E-state index >= 15 is 0 Å². The second kappa shape index (κ2) is 4.49. The van der Waals surface area contributed by atoms with Crippen molar-refractivity contribution < 1.29 is 14.6 Å². The van der Waals surface area contributed by atoms with E-state index in [1.807, 2.05) is 12.1 Å². The first kappa shape index (κ1) is 12.1. The molecule has 1 fully saturated rings. The standard InChI is InChI=1S/C14H18O3/c1-10(13(15)16)8-11-4-3-5-12(9-11)14(17-2)6-7-14/h3-5,9-10H,6-8H2,1-2H3,(H,15,16). The summed E-state index contributed by atoms with van der Waals surface area (Å²) in [6.07, 6.45) is 2.69. The molecule has 1 atom stereocenters. The molecule has 1 aromatic carbocycles. The van der Waals surface area contributed by atoms with Crippen molar-refractivity contribution in [1.29, 1.82) is 0 Å². The molecule has 3 nitrogen and oxygen atoms in total. The van der Waals surface area contributed by atoms with Gasteiger partial charge in [-0.25, -0.2) is 0 Å². The summed E-state index contributed by atoms with van der Waals surface area (Å²) in [7, 11) is 1.74. The Bertz CT molecular complexity index is 421. The van der Waals surface area contributed by atoms with Crippen molar-refractivity contribution >= 4 is 5.97 Å². The molecule has 0 radical (unpaired) electrons. The highest BCUT2D eigenvalue weighted by Gasteiger charge is 2.44. The van der Waals surface area contributed by atoms with Crippen LogP contribution in [0, 0.1) is 5.92 Å². The van der Waals surface area contributed by atoms with E-state index in [2.05, 4.69) is 12.1 Å². The quantitative estimate of drug-likeness (QED) is 0.851. The fraction of sp³-hybridized carbons (Fsp3) is 0.500. The zero-order valence-corrected chi connectivity index (χ0v) is 10.3. The van der Waals surface area contributed by atoms with Crippen LogP contribution in [0.3, 0.4) is 0 Å². The van der Waals surface area contributed by atoms with Crippen molar-refractivity contribution in [2.24, 2.45) is 5.92 Å². The summed E-state index contributed by atoms with van der Waals surface area (Å²) in [5.74, 6) is -1.09. The maximum atomic E-state index is 10.8. The van der Waals surface area contributed by atoms with Crippen molar-refractivity contribution in [2.75, 3.05) is 7.11 Å². The van der Waals surface area contributed by atoms with Crippen LogP contribution in [0.25, 0.3) is 0 Å². The normalized spacial score (nSPS) is 18.7. The van der Waals surface area contributed by atoms with E-state index in [9.17, 15) is 4.79 Å². The van der Waals surface area contributed by atoms with Crippen LogP contribution >= 0.6 is 0 Å². The van der Waals surface area contributed by atoms with Crippen LogP contribution in [-0.4, -0.2) is 18.2 Å². The first-order valence-electron chi connectivity index (χ1n) is 5.95. The highest BCUT2D eigenvalue weighted by atomic mass is 16.5. The molecule has 2 rings (SSSR count). The fourth-order valence-corrected chi connectivity index (χ4v) is 2.15. The number of ether oxygens (including phenoxy) is 1. The van der Waals surface area contributed by atoms with Crippen LogP contribution in [0.1, 0.15) is 30.9 Å². The summed E-state index contributed by atoms with van der Waals surface area (Å²) in [5, 5.41) is 8.91. The minimum atomic E-state index is -0.747. The maximum Gasteiger partial charge on any atom is 0.306 e. The van der Waals surface area contributed by atoms with Gasteiger partial charge in [0.05, 0.1) is 11.5 Å². The van der Waals surface area contributed by atoms with Crippen LogP contribution < -0.4 is 0 Å². The first-order chi connectivity index (χ1) is 8.07. The number of methoxy groups -OCH3 is 1. The molecule has 1 aliphatic rings. The summed E-state index contributed by atoms with van der Waals surface area (Å²) in [6, 6.07) is 8.11. The second-order valence-electron chi connectivity index (χ2n) is 4.84. The first-order valence-corrected chi connectivity index (χ1v) is 5.95. The van der Waals surface area contributed by atoms with E-state index in [1.165, 1.54) is 5.56 Å². The molecular weight excluding hydrogens is 216 g/mol. The summed E-state index contributed by atoms with van der Waals surface area (Å²) in [6.45, 7) is 1.73. The lowest BCUT2D eigenvalue weighted by Gasteiger charge is -2.15. The lowest BCUT2D eigenvalue weighted by Crippen LogP contribution is -2.13. The van der Waals surface area contributed by atoms with Crippen molar-refractivity contribution in [3.05, 3.63) is 35.4 Å². The number of carboxylic acids is 1. The molecule has 17 heavy (non-hydrogen) atoms. The zero-order valence-electron chi connectivity index (χ0n) is 10.3. The van der Waals surface area contributed by atoms with E-state index in [1.54, 1.807) is 14.0 Å². The molecular formula is C14H18O3. The number of carbonyl (C=O) groups is 1. The van der Waals surface area contributed by atoms with Crippen LogP contribution in [0.4, 0.5) is 0 Å². The molecule has 0 spiro atoms. The number of aliphatic carboxylic acids is 1. The average molecular weight is 234 g/mol. The van der Waals surface area contributed by atoms with Gasteiger partial charge in [-0.05, 0) is 30.4 Å². The minimum Gasteiger partial charge on any atom is -0.481 e. The SMILES string of the molecule is COC1(c2cccc(CC(C)C(=O)O)c2)CC1. The van der Waals surface area contributed by atoms with Gasteiger partial charge in [-0.3, -0.25) is 4.79 Å². The molecule has 1 saturated carbocycles. The minimum absolute atomic E-state index is 0.0948. The molecule has 0 amide bonds. The maximum absolute atomic E-state index is 10.8. The van der Waals surface area contributed by atoms with Gasteiger partial charge in [-0.15, -0.1) is 0 Å². The molecule has 0 heterocycles. The molecule has 1 N–H and O–H groups in total. The lowest BCUT2D eigenvalue weighted by molar-refractivity contribution is -0.141. The molecule has 92 valence electrons. The van der Waals surface area contributed by atoms with Crippen molar-refractivity contribution in [2.45, 2.75) is 31.8 Å². The van der Waals surface area contributed by atoms with Crippen molar-refractivity contribution in [3.63, 3.8) is 0 Å². The monoisotopic (exact) mass is 234 g/mol. The van der Waals surface area contributed by atoms with Gasteiger partial charge < -0.3 is 9.84 Å². The average Bonchev–Trinajstić information content (AvgIpc) is 3.10. The summed E-state index contributed by atoms with van der Waals surface area (Å²) < 4.78 is 5.53. The van der Waals surface area contributed by atoms with Crippen LogP contribution in [-0.2, 0) is 21.6 Å². The Kier molecular flexibility index (Phi) is 3.20. The Morgan fingerprint density at radius 3 is 2.76 bits per heavy atom. The van der Waals surface area contributed by atoms with Crippen molar-refractivity contribution in [3.8, 4) is 0 Å². The third kappa shape index (κ3) is 2.50. The zero-order chi connectivity index (χ0) is 12.5. The van der Waals surface area contributed by atoms with Gasteiger partial charge in [-0.2, -0.15) is 0 Å². The predicted octanol–water partition coefficient (Wildman–Crippen LogP) is 2.59. The third-order valence-corrected chi connectivity index (χ3v) is 3.51. The van der Waals surface area contributed by atoms with E-state index in [0.717, 1.165) is 18.4 Å². The van der Waals surface area contributed by atoms with Crippen LogP contribution in [0.2, 0.25) is 0 Å². The van der Waals surface area contributed by atoms with Gasteiger partial charge >= 0.3 is 5.97 Å². The number of carboxylic acid groups (broad SMARTS) is 1. The van der Waals surface area contributed by atoms with Gasteiger partial charge in [0.2, 0.25) is 0 Å². The highest BCUT2D eigenvalue weighted by Crippen LogP contribution is 2.48. The van der Waals surface area contributed by atoms with Gasteiger partial charge in [0.25, 0.3) is 0 Å². The molecule has 0 aromatic heterocycles. The second-order valence-corrected chi connectivity index (χ2v) is 4.84. The number of hydrogen-bond acceptors (Lipinski definition) is 2. The topological polar surface area (TPSA) is 46.5 Å². The molecule has 0 bridgehead atoms. The third-order valence-electron chi connectivity index (χ3n) is 3.51. The Hall–Kier alpha value is -1.35. The van der Waals surface area contributed by atoms with Crippen LogP contribution in [0.5, 0.6) is 0 Å². The van der Waals surface area contributed by atoms with E-state index in [0.29, 0.717) is 6.42 Å². The molecule has 1 aromatic rings. The summed E-state index contributed by atoms with van der Waals surface area (Å²) >= 11 is 0. The number of benzene rings is 1. The molecule has 1 unspecified atom stereocenters. The number of hydrogen-bond donors (Lipinski definition) is 1. The van der Waals surface area contributed by atoms with Gasteiger partial charge in [0.1, 0.15) is 0 Å². The van der Waals surface area contributed by atoms with Gasteiger partial charge in [0, 0.05) is 7.11 Å². The highest BCUT2D eigenvalue weighted by molar-refractivity contribution is 5.69. The molecule has 1 aliphatic carbocycles. The van der Waals surface area contributed by atoms with E-state index in [4.69, 9.17) is 9.84 Å². The largest absolute Gasteiger partial charge is 0.481 e. The Labute approximate surface area is 101 Å². The Balaban J connectivity index is 2.15. The van der Waals surface area contributed by atoms with E-state index < -0.39 is 5.97 Å². The van der Waals surface area contributed by atoms with Crippen molar-refractivity contribution in [1.82, 2.24) is 0 Å². The number of rotatable bonds is 5. The smallest absolute Gasteiger partial charge is 0.306 e. The molecule has 0 saturated heterocycles. The Morgan fingerprint density at radius 2 is 2.24 bits per heavy atom. The van der Waals surface area contributed by atoms with Crippen LogP contribution in [0.15, 0.2) is 24.3 Å². The summed E-state index contributed by atoms with van der Waals surface area (Å²) in [5.41, 5.74) is 2.15. The predicted molar refractivity (Wildman–Crippen MR) is 64.9 cm³/mol. The molecule has 3 heteroatoms. The van der Waals surface area contributed by atoms with E-state index in [-0.39, 0.29) is 11.5 Å². The van der Waals surface area contributed by atoms with Gasteiger partial charge in [0.15, 0.2) is 0 Å².